The fourth-order valence-electron chi connectivity index (χ4n) is 3.40. The van der Waals surface area contributed by atoms with Crippen molar-refractivity contribution in [2.24, 2.45) is 5.92 Å². The lowest BCUT2D eigenvalue weighted by molar-refractivity contribution is 0.188. The summed E-state index contributed by atoms with van der Waals surface area (Å²) >= 11 is 0. The molecule has 2 nitrogen and oxygen atoms in total. The number of piperidine rings is 1. The van der Waals surface area contributed by atoms with Gasteiger partial charge in [-0.2, -0.15) is 0 Å². The Bertz CT molecular complexity index is 385. The second kappa shape index (κ2) is 6.95. The maximum Gasteiger partial charge on any atom is 0.115 e. The molecule has 1 aromatic rings. The number of rotatable bonds is 5. The average molecular weight is 261 g/mol. The summed E-state index contributed by atoms with van der Waals surface area (Å²) in [6.07, 6.45) is 5.25. The van der Waals surface area contributed by atoms with Crippen LogP contribution in [0.1, 0.15) is 51.0 Å². The van der Waals surface area contributed by atoms with Crippen LogP contribution >= 0.6 is 0 Å². The molecule has 1 N–H and O–H groups in total. The standard InChI is InChI=1S/C17H27NO/c1-3-17(15-8-7-9-16(19)12-15)14(2)13-18-10-5-4-6-11-18/h7-9,12,14,17,19H,3-6,10-11,13H2,1-2H3/t14-,17+/m0/s1. The number of likely N-dealkylation sites (tertiary alicyclic amines) is 1. The van der Waals surface area contributed by atoms with E-state index in [0.717, 1.165) is 6.42 Å². The minimum Gasteiger partial charge on any atom is -0.508 e. The largest absolute Gasteiger partial charge is 0.508 e. The van der Waals surface area contributed by atoms with Crippen LogP contribution in [-0.4, -0.2) is 29.6 Å². The van der Waals surface area contributed by atoms with Crippen molar-refractivity contribution in [2.45, 2.75) is 45.4 Å². The van der Waals surface area contributed by atoms with Crippen molar-refractivity contribution in [3.8, 4) is 5.75 Å². The Morgan fingerprint density at radius 2 is 1.95 bits per heavy atom. The van der Waals surface area contributed by atoms with E-state index in [1.807, 2.05) is 12.1 Å². The van der Waals surface area contributed by atoms with Gasteiger partial charge in [-0.05, 0) is 61.9 Å². The lowest BCUT2D eigenvalue weighted by Gasteiger charge is -2.32. The second-order valence-electron chi connectivity index (χ2n) is 5.95. The van der Waals surface area contributed by atoms with Crippen LogP contribution in [0.4, 0.5) is 0 Å². The highest BCUT2D eigenvalue weighted by molar-refractivity contribution is 5.30. The van der Waals surface area contributed by atoms with Gasteiger partial charge >= 0.3 is 0 Å². The number of nitrogens with zero attached hydrogens (tertiary/aromatic N) is 1. The Hall–Kier alpha value is -1.02. The zero-order valence-corrected chi connectivity index (χ0v) is 12.3. The summed E-state index contributed by atoms with van der Waals surface area (Å²) < 4.78 is 0. The van der Waals surface area contributed by atoms with Crippen molar-refractivity contribution in [3.05, 3.63) is 29.8 Å². The van der Waals surface area contributed by atoms with E-state index in [9.17, 15) is 5.11 Å². The van der Waals surface area contributed by atoms with Crippen molar-refractivity contribution in [3.63, 3.8) is 0 Å². The number of hydrogen-bond donors (Lipinski definition) is 1. The molecule has 0 aliphatic carbocycles. The van der Waals surface area contributed by atoms with Crippen LogP contribution in [0.2, 0.25) is 0 Å². The highest BCUT2D eigenvalue weighted by Crippen LogP contribution is 2.30. The number of phenols is 1. The molecule has 0 unspecified atom stereocenters. The van der Waals surface area contributed by atoms with Crippen LogP contribution in [0, 0.1) is 5.92 Å². The van der Waals surface area contributed by atoms with Crippen molar-refractivity contribution in [1.29, 1.82) is 0 Å². The molecule has 0 spiro atoms. The van der Waals surface area contributed by atoms with Crippen molar-refractivity contribution in [1.82, 2.24) is 4.90 Å². The highest BCUT2D eigenvalue weighted by Gasteiger charge is 2.21. The van der Waals surface area contributed by atoms with Gasteiger partial charge in [-0.1, -0.05) is 32.4 Å². The zero-order chi connectivity index (χ0) is 13.7. The fourth-order valence-corrected chi connectivity index (χ4v) is 3.40. The predicted molar refractivity (Wildman–Crippen MR) is 80.6 cm³/mol. The maximum atomic E-state index is 9.65. The summed E-state index contributed by atoms with van der Waals surface area (Å²) in [5.41, 5.74) is 1.28. The topological polar surface area (TPSA) is 23.5 Å². The Balaban J connectivity index is 1.99. The number of phenolic OH excluding ortho intramolecular Hbond substituents is 1. The summed E-state index contributed by atoms with van der Waals surface area (Å²) in [5.74, 6) is 1.58. The first-order valence-electron chi connectivity index (χ1n) is 7.72. The summed E-state index contributed by atoms with van der Waals surface area (Å²) in [6, 6.07) is 7.80. The lowest BCUT2D eigenvalue weighted by atomic mass is 9.84. The minimum absolute atomic E-state index is 0.390. The third kappa shape index (κ3) is 3.97. The van der Waals surface area contributed by atoms with Crippen molar-refractivity contribution >= 4 is 0 Å². The normalized spacial score (nSPS) is 20.1. The van der Waals surface area contributed by atoms with Crippen molar-refractivity contribution < 1.29 is 5.11 Å². The quantitative estimate of drug-likeness (QED) is 0.865. The third-order valence-corrected chi connectivity index (χ3v) is 4.42. The smallest absolute Gasteiger partial charge is 0.115 e. The monoisotopic (exact) mass is 261 g/mol. The van der Waals surface area contributed by atoms with Gasteiger partial charge in [0.25, 0.3) is 0 Å². The van der Waals surface area contributed by atoms with E-state index >= 15 is 0 Å². The van der Waals surface area contributed by atoms with E-state index in [4.69, 9.17) is 0 Å². The number of benzene rings is 1. The van der Waals surface area contributed by atoms with E-state index in [-0.39, 0.29) is 0 Å². The lowest BCUT2D eigenvalue weighted by Crippen LogP contribution is -2.35. The average Bonchev–Trinajstić information content (AvgIpc) is 2.41. The molecule has 1 saturated heterocycles. The van der Waals surface area contributed by atoms with E-state index in [0.29, 0.717) is 17.6 Å². The van der Waals surface area contributed by atoms with Crippen molar-refractivity contribution in [2.75, 3.05) is 19.6 Å². The molecule has 2 atom stereocenters. The van der Waals surface area contributed by atoms with Gasteiger partial charge in [-0.3, -0.25) is 0 Å². The van der Waals surface area contributed by atoms with Crippen LogP contribution < -0.4 is 0 Å². The molecule has 1 aliphatic heterocycles. The van der Waals surface area contributed by atoms with E-state index in [2.05, 4.69) is 24.8 Å². The van der Waals surface area contributed by atoms with Gasteiger partial charge in [0, 0.05) is 6.54 Å². The minimum atomic E-state index is 0.390. The number of aromatic hydroxyl groups is 1. The number of hydrogen-bond acceptors (Lipinski definition) is 2. The van der Waals surface area contributed by atoms with Gasteiger partial charge in [0.2, 0.25) is 0 Å². The first-order chi connectivity index (χ1) is 9.20. The molecule has 106 valence electrons. The first kappa shape index (κ1) is 14.4. The Morgan fingerprint density at radius 3 is 2.58 bits per heavy atom. The molecule has 0 saturated carbocycles. The molecular weight excluding hydrogens is 234 g/mol. The Morgan fingerprint density at radius 1 is 1.21 bits per heavy atom. The molecule has 1 aliphatic rings. The third-order valence-electron chi connectivity index (χ3n) is 4.42. The SMILES string of the molecule is CC[C@@H](c1cccc(O)c1)[C@@H](C)CN1CCCCC1. The molecule has 0 aromatic heterocycles. The highest BCUT2D eigenvalue weighted by atomic mass is 16.3. The first-order valence-corrected chi connectivity index (χ1v) is 7.72. The fraction of sp³-hybridized carbons (Fsp3) is 0.647. The predicted octanol–water partition coefficient (Wildman–Crippen LogP) is 4.01. The molecule has 1 heterocycles. The second-order valence-corrected chi connectivity index (χ2v) is 5.95. The van der Waals surface area contributed by atoms with Crippen LogP contribution in [0.5, 0.6) is 5.75 Å². The molecule has 0 radical (unpaired) electrons. The Labute approximate surface area is 117 Å². The van der Waals surface area contributed by atoms with Gasteiger partial charge in [-0.25, -0.2) is 0 Å². The van der Waals surface area contributed by atoms with Gasteiger partial charge in [0.05, 0.1) is 0 Å². The molecule has 1 aromatic carbocycles. The molecule has 2 rings (SSSR count). The maximum absolute atomic E-state index is 9.65. The molecular formula is C17H27NO. The zero-order valence-electron chi connectivity index (χ0n) is 12.3. The van der Waals surface area contributed by atoms with Crippen LogP contribution in [-0.2, 0) is 0 Å². The van der Waals surface area contributed by atoms with E-state index in [1.165, 1.54) is 44.5 Å². The summed E-state index contributed by atoms with van der Waals surface area (Å²) in [7, 11) is 0. The van der Waals surface area contributed by atoms with Gasteiger partial charge in [0.15, 0.2) is 0 Å². The van der Waals surface area contributed by atoms with E-state index < -0.39 is 0 Å². The van der Waals surface area contributed by atoms with Crippen LogP contribution in [0.25, 0.3) is 0 Å². The summed E-state index contributed by atoms with van der Waals surface area (Å²) in [6.45, 7) is 8.32. The Kier molecular flexibility index (Phi) is 5.26. The molecule has 1 fully saturated rings. The molecule has 19 heavy (non-hydrogen) atoms. The summed E-state index contributed by atoms with van der Waals surface area (Å²) in [5, 5.41) is 9.65. The van der Waals surface area contributed by atoms with Crippen LogP contribution in [0.3, 0.4) is 0 Å². The van der Waals surface area contributed by atoms with Crippen LogP contribution in [0.15, 0.2) is 24.3 Å². The molecule has 0 amide bonds. The molecule has 2 heteroatoms. The van der Waals surface area contributed by atoms with Gasteiger partial charge in [-0.15, -0.1) is 0 Å². The van der Waals surface area contributed by atoms with Gasteiger partial charge in [0.1, 0.15) is 5.75 Å². The molecule has 0 bridgehead atoms. The van der Waals surface area contributed by atoms with Gasteiger partial charge < -0.3 is 10.0 Å². The summed E-state index contributed by atoms with van der Waals surface area (Å²) in [4.78, 5) is 2.61. The van der Waals surface area contributed by atoms with E-state index in [1.54, 1.807) is 6.07 Å².